The highest BCUT2D eigenvalue weighted by Gasteiger charge is 2.48. The smallest absolute Gasteiger partial charge is 0.407 e. The van der Waals surface area contributed by atoms with Crippen molar-refractivity contribution in [1.82, 2.24) is 5.32 Å². The summed E-state index contributed by atoms with van der Waals surface area (Å²) in [7, 11) is 1.66. The zero-order valence-corrected chi connectivity index (χ0v) is 17.2. The Labute approximate surface area is 161 Å². The van der Waals surface area contributed by atoms with Crippen LogP contribution in [0.1, 0.15) is 68.9 Å². The molecule has 1 aliphatic carbocycles. The molecule has 0 saturated heterocycles. The molecule has 1 aromatic rings. The van der Waals surface area contributed by atoms with E-state index in [1.54, 1.807) is 13.2 Å². The molecule has 0 fully saturated rings. The Balaban J connectivity index is 2.52. The van der Waals surface area contributed by atoms with Gasteiger partial charge in [-0.25, -0.2) is 4.79 Å². The number of rotatable bonds is 5. The van der Waals surface area contributed by atoms with E-state index < -0.39 is 17.6 Å². The van der Waals surface area contributed by atoms with Crippen molar-refractivity contribution in [2.45, 2.75) is 77.0 Å². The number of hydrogen-bond donors (Lipinski definition) is 2. The fourth-order valence-electron chi connectivity index (χ4n) is 4.18. The Morgan fingerprint density at radius 1 is 1.26 bits per heavy atom. The predicted molar refractivity (Wildman–Crippen MR) is 105 cm³/mol. The van der Waals surface area contributed by atoms with Crippen molar-refractivity contribution in [3.63, 3.8) is 0 Å². The molecule has 1 aliphatic rings. The molecule has 0 bridgehead atoms. The van der Waals surface area contributed by atoms with Gasteiger partial charge >= 0.3 is 6.09 Å². The minimum Gasteiger partial charge on any atom is -0.444 e. The lowest BCUT2D eigenvalue weighted by molar-refractivity contribution is 0.00828. The number of methoxy groups -OCH3 is 1. The summed E-state index contributed by atoms with van der Waals surface area (Å²) in [6.07, 6.45) is 1.55. The van der Waals surface area contributed by atoms with Gasteiger partial charge in [0.1, 0.15) is 5.60 Å². The number of carbonyl (C=O) groups excluding carboxylic acids is 2. The largest absolute Gasteiger partial charge is 0.444 e. The summed E-state index contributed by atoms with van der Waals surface area (Å²) in [4.78, 5) is 24.3. The molecule has 0 heterocycles. The molecule has 1 aromatic carbocycles. The maximum Gasteiger partial charge on any atom is 0.407 e. The number of benzene rings is 1. The molecule has 6 heteroatoms. The topological polar surface area (TPSA) is 90.7 Å². The summed E-state index contributed by atoms with van der Waals surface area (Å²) < 4.78 is 11.3. The molecule has 2 amide bonds. The second kappa shape index (κ2) is 7.89. The van der Waals surface area contributed by atoms with Gasteiger partial charge in [-0.3, -0.25) is 4.79 Å². The van der Waals surface area contributed by atoms with Crippen molar-refractivity contribution in [3.05, 3.63) is 34.9 Å². The van der Waals surface area contributed by atoms with E-state index in [1.165, 1.54) is 0 Å². The Morgan fingerprint density at radius 2 is 1.89 bits per heavy atom. The zero-order chi connectivity index (χ0) is 20.4. The number of hydrogen-bond acceptors (Lipinski definition) is 4. The molecular formula is C21H32N2O4. The standard InChI is InChI=1S/C21H32N2O4/c1-7-21(8-2)15-11-14(18(22)24)10-9-13(15)12-16(26-6)17(21)23-19(25)27-20(3,4)5/h9-11,16-17H,7-8,12H2,1-6H3,(H2,22,24)(H,23,25)/t16-,17+/m0/s1. The summed E-state index contributed by atoms with van der Waals surface area (Å²) in [5.41, 5.74) is 7.20. The quantitative estimate of drug-likeness (QED) is 0.825. The van der Waals surface area contributed by atoms with Crippen LogP contribution in [0.4, 0.5) is 4.79 Å². The number of fused-ring (bicyclic) bond motifs is 1. The lowest BCUT2D eigenvalue weighted by Gasteiger charge is -2.48. The molecule has 3 N–H and O–H groups in total. The summed E-state index contributed by atoms with van der Waals surface area (Å²) >= 11 is 0. The maximum absolute atomic E-state index is 12.5. The Bertz CT molecular complexity index is 705. The van der Waals surface area contributed by atoms with Crippen LogP contribution in [0.5, 0.6) is 0 Å². The highest BCUT2D eigenvalue weighted by Crippen LogP contribution is 2.44. The molecule has 0 radical (unpaired) electrons. The van der Waals surface area contributed by atoms with Crippen LogP contribution in [-0.4, -0.2) is 36.9 Å². The van der Waals surface area contributed by atoms with Gasteiger partial charge in [0.05, 0.1) is 12.1 Å². The van der Waals surface area contributed by atoms with E-state index in [0.29, 0.717) is 12.0 Å². The first-order chi connectivity index (χ1) is 12.6. The third-order valence-corrected chi connectivity index (χ3v) is 5.56. The van der Waals surface area contributed by atoms with E-state index in [2.05, 4.69) is 19.2 Å². The van der Waals surface area contributed by atoms with Gasteiger partial charge < -0.3 is 20.5 Å². The number of carbonyl (C=O) groups is 2. The first-order valence-electron chi connectivity index (χ1n) is 9.53. The Kier molecular flexibility index (Phi) is 6.20. The van der Waals surface area contributed by atoms with E-state index in [9.17, 15) is 9.59 Å². The zero-order valence-electron chi connectivity index (χ0n) is 17.2. The van der Waals surface area contributed by atoms with E-state index in [4.69, 9.17) is 15.2 Å². The third kappa shape index (κ3) is 4.26. The normalized spacial score (nSPS) is 21.3. The number of ether oxygens (including phenoxy) is 2. The fourth-order valence-corrected chi connectivity index (χ4v) is 4.18. The van der Waals surface area contributed by atoms with Crippen molar-refractivity contribution >= 4 is 12.0 Å². The highest BCUT2D eigenvalue weighted by molar-refractivity contribution is 5.93. The second-order valence-electron chi connectivity index (χ2n) is 8.20. The molecule has 6 nitrogen and oxygen atoms in total. The molecular weight excluding hydrogens is 344 g/mol. The number of primary amides is 1. The van der Waals surface area contributed by atoms with Crippen LogP contribution in [-0.2, 0) is 21.3 Å². The van der Waals surface area contributed by atoms with Gasteiger partial charge in [-0.2, -0.15) is 0 Å². The van der Waals surface area contributed by atoms with Crippen molar-refractivity contribution in [2.24, 2.45) is 5.73 Å². The van der Waals surface area contributed by atoms with Crippen LogP contribution in [0.3, 0.4) is 0 Å². The van der Waals surface area contributed by atoms with Gasteiger partial charge in [0.25, 0.3) is 0 Å². The minimum atomic E-state index is -0.584. The molecule has 0 saturated carbocycles. The highest BCUT2D eigenvalue weighted by atomic mass is 16.6. The van der Waals surface area contributed by atoms with Gasteiger partial charge in [0, 0.05) is 24.5 Å². The monoisotopic (exact) mass is 376 g/mol. The fraction of sp³-hybridized carbons (Fsp3) is 0.619. The van der Waals surface area contributed by atoms with Crippen molar-refractivity contribution in [1.29, 1.82) is 0 Å². The molecule has 27 heavy (non-hydrogen) atoms. The van der Waals surface area contributed by atoms with Gasteiger partial charge in [0.2, 0.25) is 5.91 Å². The molecule has 2 rings (SSSR count). The van der Waals surface area contributed by atoms with Gasteiger partial charge in [-0.05, 0) is 56.9 Å². The summed E-state index contributed by atoms with van der Waals surface area (Å²) in [5, 5.41) is 3.06. The van der Waals surface area contributed by atoms with Gasteiger partial charge in [-0.1, -0.05) is 19.9 Å². The minimum absolute atomic E-state index is 0.190. The number of nitrogens with one attached hydrogen (secondary N) is 1. The average molecular weight is 376 g/mol. The average Bonchev–Trinajstić information content (AvgIpc) is 2.59. The van der Waals surface area contributed by atoms with Crippen LogP contribution < -0.4 is 11.1 Å². The summed E-state index contributed by atoms with van der Waals surface area (Å²) in [6, 6.07) is 5.31. The molecule has 2 atom stereocenters. The Morgan fingerprint density at radius 3 is 2.37 bits per heavy atom. The Hall–Kier alpha value is -2.08. The van der Waals surface area contributed by atoms with Crippen LogP contribution in [0, 0.1) is 0 Å². The second-order valence-corrected chi connectivity index (χ2v) is 8.20. The maximum atomic E-state index is 12.5. The lowest BCUT2D eigenvalue weighted by Crippen LogP contribution is -2.60. The van der Waals surface area contributed by atoms with Crippen molar-refractivity contribution in [3.8, 4) is 0 Å². The van der Waals surface area contributed by atoms with Crippen molar-refractivity contribution in [2.75, 3.05) is 7.11 Å². The van der Waals surface area contributed by atoms with Crippen LogP contribution in [0.2, 0.25) is 0 Å². The van der Waals surface area contributed by atoms with Crippen LogP contribution >= 0.6 is 0 Å². The van der Waals surface area contributed by atoms with Crippen LogP contribution in [0.25, 0.3) is 0 Å². The SMILES string of the molecule is CCC1(CC)c2cc(C(N)=O)ccc2C[C@H](OC)[C@H]1NC(=O)OC(C)(C)C. The molecule has 0 aromatic heterocycles. The number of alkyl carbamates (subject to hydrolysis) is 1. The molecule has 0 aliphatic heterocycles. The van der Waals surface area contributed by atoms with E-state index in [-0.39, 0.29) is 17.6 Å². The van der Waals surface area contributed by atoms with E-state index >= 15 is 0 Å². The molecule has 150 valence electrons. The predicted octanol–water partition coefficient (Wildman–Crippen LogP) is 3.31. The third-order valence-electron chi connectivity index (χ3n) is 5.56. The molecule has 0 spiro atoms. The van der Waals surface area contributed by atoms with E-state index in [1.807, 2.05) is 32.9 Å². The molecule has 0 unspecified atom stereocenters. The summed E-state index contributed by atoms with van der Waals surface area (Å²) in [6.45, 7) is 9.69. The van der Waals surface area contributed by atoms with E-state index in [0.717, 1.165) is 24.0 Å². The van der Waals surface area contributed by atoms with Crippen molar-refractivity contribution < 1.29 is 19.1 Å². The number of amides is 2. The first kappa shape index (κ1) is 21.2. The lowest BCUT2D eigenvalue weighted by atomic mass is 9.62. The van der Waals surface area contributed by atoms with Gasteiger partial charge in [0.15, 0.2) is 0 Å². The first-order valence-corrected chi connectivity index (χ1v) is 9.53. The van der Waals surface area contributed by atoms with Crippen LogP contribution in [0.15, 0.2) is 18.2 Å². The number of nitrogens with two attached hydrogens (primary N) is 1. The summed E-state index contributed by atoms with van der Waals surface area (Å²) in [5.74, 6) is -0.454. The van der Waals surface area contributed by atoms with Gasteiger partial charge in [-0.15, -0.1) is 0 Å².